The number of sulfonamides is 1. The summed E-state index contributed by atoms with van der Waals surface area (Å²) in [5, 5.41) is 7.69. The molecule has 1 saturated heterocycles. The Balaban J connectivity index is 1.44. The maximum absolute atomic E-state index is 11.8. The number of nitrogens with one attached hydrogen (secondary N) is 2. The van der Waals surface area contributed by atoms with Crippen LogP contribution in [0.4, 0.5) is 17.6 Å². The number of hydrogen-bond acceptors (Lipinski definition) is 8. The van der Waals surface area contributed by atoms with Crippen molar-refractivity contribution in [2.45, 2.75) is 50.6 Å². The van der Waals surface area contributed by atoms with Gasteiger partial charge < -0.3 is 16.4 Å². The van der Waals surface area contributed by atoms with Gasteiger partial charge in [-0.3, -0.25) is 9.36 Å². The molecule has 2 fully saturated rings. The number of carbonyl (C=O) groups is 1. The molecule has 4 N–H and O–H groups in total. The molecule has 5 rings (SSSR count). The molecule has 1 aliphatic heterocycles. The number of anilines is 3. The Labute approximate surface area is 231 Å². The van der Waals surface area contributed by atoms with Crippen molar-refractivity contribution in [2.24, 2.45) is 11.7 Å². The number of piperidine rings is 1. The number of nitrogens with zero attached hydrogens (tertiary/aromatic N) is 5. The van der Waals surface area contributed by atoms with Crippen molar-refractivity contribution in [1.82, 2.24) is 23.8 Å². The van der Waals surface area contributed by atoms with Gasteiger partial charge >= 0.3 is 0 Å². The summed E-state index contributed by atoms with van der Waals surface area (Å²) in [6, 6.07) is 5.30. The topological polar surface area (TPSA) is 148 Å². The highest BCUT2D eigenvalue weighted by Gasteiger charge is 2.30. The molecule has 1 saturated carbocycles. The SMILES string of the molecule is CS(=O)(=O)N1CCC(Nc2ncc3nc(Nc4ccc(Cl)cc4Cl)n([C@H]4CC[C@H](C(N)=O)CC4)c3n2)CC1. The fourth-order valence-corrected chi connectivity index (χ4v) is 6.57. The molecular weight excluding hydrogens is 551 g/mol. The summed E-state index contributed by atoms with van der Waals surface area (Å²) in [6.45, 7) is 0.908. The number of amides is 1. The molecule has 1 aliphatic carbocycles. The number of aromatic nitrogens is 4. The van der Waals surface area contributed by atoms with E-state index in [0.29, 0.717) is 77.6 Å². The minimum Gasteiger partial charge on any atom is -0.369 e. The molecule has 1 aromatic carbocycles. The van der Waals surface area contributed by atoms with Gasteiger partial charge in [-0.15, -0.1) is 0 Å². The average molecular weight is 582 g/mol. The second-order valence-corrected chi connectivity index (χ2v) is 12.8. The Morgan fingerprint density at radius 3 is 2.42 bits per heavy atom. The summed E-state index contributed by atoms with van der Waals surface area (Å²) >= 11 is 12.5. The van der Waals surface area contributed by atoms with Crippen LogP contribution >= 0.6 is 23.2 Å². The first-order valence-electron chi connectivity index (χ1n) is 12.6. The highest BCUT2D eigenvalue weighted by Crippen LogP contribution is 2.38. The number of imidazole rings is 1. The van der Waals surface area contributed by atoms with Gasteiger partial charge in [0.2, 0.25) is 27.8 Å². The van der Waals surface area contributed by atoms with Gasteiger partial charge in [0, 0.05) is 36.1 Å². The monoisotopic (exact) mass is 580 g/mol. The quantitative estimate of drug-likeness (QED) is 0.380. The molecule has 14 heteroatoms. The van der Waals surface area contributed by atoms with Gasteiger partial charge in [0.15, 0.2) is 5.65 Å². The van der Waals surface area contributed by atoms with Gasteiger partial charge in [-0.2, -0.15) is 4.98 Å². The highest BCUT2D eigenvalue weighted by atomic mass is 35.5. The van der Waals surface area contributed by atoms with Gasteiger partial charge in [0.1, 0.15) is 5.52 Å². The molecule has 204 valence electrons. The van der Waals surface area contributed by atoms with Crippen molar-refractivity contribution < 1.29 is 13.2 Å². The molecule has 0 atom stereocenters. The lowest BCUT2D eigenvalue weighted by molar-refractivity contribution is -0.122. The van der Waals surface area contributed by atoms with Crippen LogP contribution in [0.1, 0.15) is 44.6 Å². The molecule has 1 amide bonds. The maximum atomic E-state index is 11.8. The zero-order valence-corrected chi connectivity index (χ0v) is 23.2. The predicted molar refractivity (Wildman–Crippen MR) is 148 cm³/mol. The first-order valence-corrected chi connectivity index (χ1v) is 15.2. The van der Waals surface area contributed by atoms with Crippen molar-refractivity contribution in [3.05, 3.63) is 34.4 Å². The van der Waals surface area contributed by atoms with Crippen LogP contribution in [0.15, 0.2) is 24.4 Å². The van der Waals surface area contributed by atoms with Crippen LogP contribution in [0.25, 0.3) is 11.2 Å². The molecule has 2 aromatic heterocycles. The minimum absolute atomic E-state index is 0.0462. The molecular formula is C24H30Cl2N8O3S. The van der Waals surface area contributed by atoms with Crippen molar-refractivity contribution in [3.8, 4) is 0 Å². The van der Waals surface area contributed by atoms with Crippen LogP contribution in [0, 0.1) is 5.92 Å². The summed E-state index contributed by atoms with van der Waals surface area (Å²) < 4.78 is 27.2. The molecule has 0 unspecified atom stereocenters. The van der Waals surface area contributed by atoms with E-state index in [0.717, 1.165) is 12.8 Å². The summed E-state index contributed by atoms with van der Waals surface area (Å²) in [5.41, 5.74) is 7.49. The van der Waals surface area contributed by atoms with E-state index >= 15 is 0 Å². The normalized spacial score (nSPS) is 21.4. The number of halogens is 2. The predicted octanol–water partition coefficient (Wildman–Crippen LogP) is 3.93. The Morgan fingerprint density at radius 2 is 1.79 bits per heavy atom. The molecule has 0 spiro atoms. The first kappa shape index (κ1) is 26.9. The summed E-state index contributed by atoms with van der Waals surface area (Å²) in [4.78, 5) is 25.8. The lowest BCUT2D eigenvalue weighted by atomic mass is 9.85. The number of benzene rings is 1. The smallest absolute Gasteiger partial charge is 0.224 e. The third-order valence-electron chi connectivity index (χ3n) is 7.33. The Bertz CT molecular complexity index is 1450. The second-order valence-electron chi connectivity index (χ2n) is 9.95. The molecule has 0 radical (unpaired) electrons. The van der Waals surface area contributed by atoms with Crippen LogP contribution in [0.5, 0.6) is 0 Å². The van der Waals surface area contributed by atoms with E-state index in [9.17, 15) is 13.2 Å². The van der Waals surface area contributed by atoms with Gasteiger partial charge in [-0.1, -0.05) is 23.2 Å². The molecule has 11 nitrogen and oxygen atoms in total. The van der Waals surface area contributed by atoms with E-state index < -0.39 is 10.0 Å². The van der Waals surface area contributed by atoms with Crippen LogP contribution in [-0.2, 0) is 14.8 Å². The molecule has 2 aliphatic rings. The lowest BCUT2D eigenvalue weighted by Crippen LogP contribution is -2.42. The van der Waals surface area contributed by atoms with Crippen molar-refractivity contribution in [3.63, 3.8) is 0 Å². The van der Waals surface area contributed by atoms with Crippen LogP contribution in [0.3, 0.4) is 0 Å². The number of rotatable bonds is 7. The largest absolute Gasteiger partial charge is 0.369 e. The molecule has 0 bridgehead atoms. The summed E-state index contributed by atoms with van der Waals surface area (Å²) in [6.07, 6.45) is 7.11. The number of carbonyl (C=O) groups excluding carboxylic acids is 1. The van der Waals surface area contributed by atoms with E-state index in [4.69, 9.17) is 38.9 Å². The number of primary amides is 1. The van der Waals surface area contributed by atoms with Crippen molar-refractivity contribution >= 4 is 67.9 Å². The van der Waals surface area contributed by atoms with Gasteiger partial charge in [-0.25, -0.2) is 22.7 Å². The Morgan fingerprint density at radius 1 is 1.08 bits per heavy atom. The van der Waals surface area contributed by atoms with Crippen molar-refractivity contribution in [1.29, 1.82) is 0 Å². The standard InChI is InChI=1S/C24H30Cl2N8O3S/c1-38(36,37)33-10-8-16(9-11-33)29-23-28-13-20-22(32-23)34(17-5-2-14(3-6-17)21(27)35)24(31-20)30-19-7-4-15(25)12-18(19)26/h4,7,12-14,16-17H,2-3,5-6,8-11H2,1H3,(H2,27,35)(H,30,31)(H,28,29,32)/t14-,17-. The lowest BCUT2D eigenvalue weighted by Gasteiger charge is -2.30. The number of fused-ring (bicyclic) bond motifs is 1. The Kier molecular flexibility index (Phi) is 7.67. The molecule has 3 heterocycles. The third-order valence-corrected chi connectivity index (χ3v) is 9.18. The van der Waals surface area contributed by atoms with Crippen LogP contribution < -0.4 is 16.4 Å². The fraction of sp³-hybridized carbons (Fsp3) is 0.500. The average Bonchev–Trinajstić information content (AvgIpc) is 3.22. The van der Waals surface area contributed by atoms with E-state index in [1.165, 1.54) is 10.6 Å². The maximum Gasteiger partial charge on any atom is 0.224 e. The van der Waals surface area contributed by atoms with Crippen molar-refractivity contribution in [2.75, 3.05) is 30.0 Å². The first-order chi connectivity index (χ1) is 18.1. The minimum atomic E-state index is -3.20. The van der Waals surface area contributed by atoms with E-state index in [-0.39, 0.29) is 23.9 Å². The van der Waals surface area contributed by atoms with E-state index in [2.05, 4.69) is 20.2 Å². The number of hydrogen-bond donors (Lipinski definition) is 3. The zero-order chi connectivity index (χ0) is 27.0. The second kappa shape index (κ2) is 10.8. The zero-order valence-electron chi connectivity index (χ0n) is 20.9. The van der Waals surface area contributed by atoms with Gasteiger partial charge in [0.25, 0.3) is 0 Å². The fourth-order valence-electron chi connectivity index (χ4n) is 5.24. The van der Waals surface area contributed by atoms with Crippen LogP contribution in [-0.4, -0.2) is 63.5 Å². The highest BCUT2D eigenvalue weighted by molar-refractivity contribution is 7.88. The van der Waals surface area contributed by atoms with Crippen LogP contribution in [0.2, 0.25) is 10.0 Å². The Hall–Kier alpha value is -2.67. The third kappa shape index (κ3) is 5.83. The number of nitrogens with two attached hydrogens (primary N) is 1. The summed E-state index contributed by atoms with van der Waals surface area (Å²) in [7, 11) is -3.20. The summed E-state index contributed by atoms with van der Waals surface area (Å²) in [5.74, 6) is 0.631. The van der Waals surface area contributed by atoms with E-state index in [1.54, 1.807) is 24.4 Å². The van der Waals surface area contributed by atoms with Gasteiger partial charge in [-0.05, 0) is 56.7 Å². The van der Waals surface area contributed by atoms with E-state index in [1.807, 2.05) is 0 Å². The molecule has 3 aromatic rings. The van der Waals surface area contributed by atoms with Gasteiger partial charge in [0.05, 0.1) is 23.2 Å². The molecule has 38 heavy (non-hydrogen) atoms.